The monoisotopic (exact) mass is 640 g/mol. The van der Waals surface area contributed by atoms with E-state index in [0.717, 1.165) is 12.8 Å². The van der Waals surface area contributed by atoms with Crippen LogP contribution in [0.3, 0.4) is 0 Å². The highest BCUT2D eigenvalue weighted by atomic mass is 16.6. The fourth-order valence-electron chi connectivity index (χ4n) is 4.03. The van der Waals surface area contributed by atoms with Gasteiger partial charge in [0.05, 0.1) is 79.3 Å². The van der Waals surface area contributed by atoms with Crippen molar-refractivity contribution in [1.82, 2.24) is 0 Å². The highest BCUT2D eigenvalue weighted by Crippen LogP contribution is 2.10. The van der Waals surface area contributed by atoms with Crippen LogP contribution in [0.15, 0.2) is 30.3 Å². The lowest BCUT2D eigenvalue weighted by atomic mass is 10.1. The third kappa shape index (κ3) is 26.5. The summed E-state index contributed by atoms with van der Waals surface area (Å²) in [5, 5.41) is 0. The molecule has 258 valence electrons. The van der Waals surface area contributed by atoms with Gasteiger partial charge in [0.25, 0.3) is 5.78 Å². The number of esters is 2. The molecule has 1 rings (SSSR count). The maximum Gasteiger partial charge on any atom is 0.379 e. The summed E-state index contributed by atoms with van der Waals surface area (Å²) in [5.41, 5.74) is 0.296. The third-order valence-electron chi connectivity index (χ3n) is 6.52. The maximum atomic E-state index is 11.9. The molecule has 0 aliphatic rings. The Morgan fingerprint density at radius 2 is 0.844 bits per heavy atom. The lowest BCUT2D eigenvalue weighted by Crippen LogP contribution is -2.20. The van der Waals surface area contributed by atoms with Crippen LogP contribution in [0.5, 0.6) is 0 Å². The zero-order chi connectivity index (χ0) is 32.5. The molecule has 0 heterocycles. The highest BCUT2D eigenvalue weighted by Gasteiger charge is 2.17. The quantitative estimate of drug-likeness (QED) is 0.0447. The van der Waals surface area contributed by atoms with Gasteiger partial charge in [0, 0.05) is 12.0 Å². The fraction of sp³-hybridized carbons (Fsp3) is 0.735. The summed E-state index contributed by atoms with van der Waals surface area (Å²) in [4.78, 5) is 35.4. The number of rotatable bonds is 33. The molecule has 1 aromatic carbocycles. The minimum atomic E-state index is -0.897. The molecule has 0 bridgehead atoms. The molecule has 0 aliphatic carbocycles. The van der Waals surface area contributed by atoms with Crippen molar-refractivity contribution in [2.45, 2.75) is 71.1 Å². The second-order valence-corrected chi connectivity index (χ2v) is 10.3. The van der Waals surface area contributed by atoms with Gasteiger partial charge in [0.15, 0.2) is 0 Å². The molecule has 0 aromatic heterocycles. The van der Waals surface area contributed by atoms with Crippen LogP contribution in [-0.2, 0) is 47.5 Å². The van der Waals surface area contributed by atoms with Crippen LogP contribution in [-0.4, -0.2) is 110 Å². The summed E-state index contributed by atoms with van der Waals surface area (Å²) in [6.07, 6.45) is 11.5. The topological polar surface area (TPSA) is 125 Å². The Morgan fingerprint density at radius 3 is 1.29 bits per heavy atom. The Balaban J connectivity index is 1.71. The van der Waals surface area contributed by atoms with E-state index in [0.29, 0.717) is 84.7 Å². The van der Waals surface area contributed by atoms with Crippen LogP contribution in [0.2, 0.25) is 0 Å². The number of ketones is 1. The smallest absolute Gasteiger partial charge is 0.379 e. The highest BCUT2D eigenvalue weighted by molar-refractivity contribution is 6.40. The average molecular weight is 641 g/mol. The summed E-state index contributed by atoms with van der Waals surface area (Å²) in [7, 11) is 0. The lowest BCUT2D eigenvalue weighted by molar-refractivity contribution is -0.145. The summed E-state index contributed by atoms with van der Waals surface area (Å²) < 4.78 is 42.6. The SMILES string of the molecule is CCCCCCCCCCCC(=O)OCCOCCOCCOCCOCCOCCOCCOC(=O)C(=O)c1ccccc1. The molecule has 0 aliphatic heterocycles. The van der Waals surface area contributed by atoms with Gasteiger partial charge in [0.2, 0.25) is 0 Å². The molecule has 0 unspecified atom stereocenters. The number of unbranched alkanes of at least 4 members (excludes halogenated alkanes) is 8. The van der Waals surface area contributed by atoms with Crippen LogP contribution in [0.25, 0.3) is 0 Å². The number of hydrogen-bond acceptors (Lipinski definition) is 11. The first kappa shape index (κ1) is 40.6. The van der Waals surface area contributed by atoms with Gasteiger partial charge < -0.3 is 37.9 Å². The lowest BCUT2D eigenvalue weighted by Gasteiger charge is -2.09. The number of Topliss-reactive ketones (excluding diaryl/α,β-unsaturated/α-hetero) is 1. The first-order valence-corrected chi connectivity index (χ1v) is 16.5. The molecule has 0 saturated carbocycles. The Kier molecular flexibility index (Phi) is 28.5. The van der Waals surface area contributed by atoms with E-state index in [1.807, 2.05) is 0 Å². The van der Waals surface area contributed by atoms with Crippen molar-refractivity contribution in [3.05, 3.63) is 35.9 Å². The van der Waals surface area contributed by atoms with Gasteiger partial charge in [-0.3, -0.25) is 9.59 Å². The molecule has 0 N–H and O–H groups in total. The predicted molar refractivity (Wildman–Crippen MR) is 169 cm³/mol. The molecular weight excluding hydrogens is 584 g/mol. The van der Waals surface area contributed by atoms with E-state index in [-0.39, 0.29) is 25.8 Å². The number of carbonyl (C=O) groups excluding carboxylic acids is 3. The van der Waals surface area contributed by atoms with Crippen LogP contribution in [0.1, 0.15) is 81.5 Å². The summed E-state index contributed by atoms with van der Waals surface area (Å²) in [6, 6.07) is 8.26. The van der Waals surface area contributed by atoms with Gasteiger partial charge in [-0.1, -0.05) is 88.6 Å². The van der Waals surface area contributed by atoms with E-state index in [4.69, 9.17) is 37.9 Å². The van der Waals surface area contributed by atoms with E-state index in [2.05, 4.69) is 6.92 Å². The van der Waals surface area contributed by atoms with Gasteiger partial charge >= 0.3 is 11.9 Å². The minimum Gasteiger partial charge on any atom is -0.463 e. The number of ether oxygens (including phenoxy) is 8. The summed E-state index contributed by atoms with van der Waals surface area (Å²) in [5.74, 6) is -1.72. The normalized spacial score (nSPS) is 11.0. The number of carbonyl (C=O) groups is 3. The molecular formula is C34H56O11. The zero-order valence-corrected chi connectivity index (χ0v) is 27.3. The Bertz CT molecular complexity index is 835. The molecule has 11 nitrogen and oxygen atoms in total. The maximum absolute atomic E-state index is 11.9. The first-order valence-electron chi connectivity index (χ1n) is 16.5. The number of benzene rings is 1. The van der Waals surface area contributed by atoms with E-state index in [1.165, 1.54) is 44.9 Å². The molecule has 0 spiro atoms. The Labute approximate surface area is 269 Å². The molecule has 1 aromatic rings. The van der Waals surface area contributed by atoms with Crippen molar-refractivity contribution in [3.63, 3.8) is 0 Å². The van der Waals surface area contributed by atoms with Gasteiger partial charge in [-0.2, -0.15) is 0 Å². The molecule has 0 fully saturated rings. The van der Waals surface area contributed by atoms with E-state index >= 15 is 0 Å². The van der Waals surface area contributed by atoms with Crippen LogP contribution < -0.4 is 0 Å². The molecule has 0 amide bonds. The van der Waals surface area contributed by atoms with E-state index in [9.17, 15) is 14.4 Å². The molecule has 0 radical (unpaired) electrons. The van der Waals surface area contributed by atoms with Crippen LogP contribution in [0, 0.1) is 0 Å². The standard InChI is InChI=1S/C34H56O11/c1-2-3-4-5-6-7-8-9-13-16-32(35)44-29-27-42-25-23-40-21-19-38-17-18-39-20-22-41-24-26-43-28-30-45-34(37)33(36)31-14-11-10-12-15-31/h10-12,14-15H,2-9,13,16-30H2,1H3. The van der Waals surface area contributed by atoms with Gasteiger partial charge in [0.1, 0.15) is 13.2 Å². The van der Waals surface area contributed by atoms with Gasteiger partial charge in [-0.25, -0.2) is 4.79 Å². The second-order valence-electron chi connectivity index (χ2n) is 10.3. The van der Waals surface area contributed by atoms with Crippen LogP contribution >= 0.6 is 0 Å². The predicted octanol–water partition coefficient (Wildman–Crippen LogP) is 4.98. The average Bonchev–Trinajstić information content (AvgIpc) is 3.06. The van der Waals surface area contributed by atoms with Crippen molar-refractivity contribution < 1.29 is 52.3 Å². The Hall–Kier alpha value is -2.41. The first-order chi connectivity index (χ1) is 22.1. The molecule has 0 atom stereocenters. The molecule has 45 heavy (non-hydrogen) atoms. The van der Waals surface area contributed by atoms with E-state index in [1.54, 1.807) is 30.3 Å². The zero-order valence-electron chi connectivity index (χ0n) is 27.3. The summed E-state index contributed by atoms with van der Waals surface area (Å²) in [6.45, 7) is 7.35. The molecule has 0 saturated heterocycles. The third-order valence-corrected chi connectivity index (χ3v) is 6.52. The van der Waals surface area contributed by atoms with Crippen LogP contribution in [0.4, 0.5) is 0 Å². The second kappa shape index (κ2) is 31.6. The largest absolute Gasteiger partial charge is 0.463 e. The van der Waals surface area contributed by atoms with Crippen molar-refractivity contribution in [3.8, 4) is 0 Å². The van der Waals surface area contributed by atoms with Crippen molar-refractivity contribution in [2.75, 3.05) is 92.5 Å². The summed E-state index contributed by atoms with van der Waals surface area (Å²) >= 11 is 0. The Morgan fingerprint density at radius 1 is 0.467 bits per heavy atom. The van der Waals surface area contributed by atoms with Crippen molar-refractivity contribution in [1.29, 1.82) is 0 Å². The van der Waals surface area contributed by atoms with Crippen molar-refractivity contribution in [2.24, 2.45) is 0 Å². The van der Waals surface area contributed by atoms with Gasteiger partial charge in [-0.15, -0.1) is 0 Å². The van der Waals surface area contributed by atoms with Crippen molar-refractivity contribution >= 4 is 17.7 Å². The van der Waals surface area contributed by atoms with Gasteiger partial charge in [-0.05, 0) is 6.42 Å². The minimum absolute atomic E-state index is 0.00251. The number of hydrogen-bond donors (Lipinski definition) is 0. The fourth-order valence-corrected chi connectivity index (χ4v) is 4.03. The molecule has 11 heteroatoms. The van der Waals surface area contributed by atoms with E-state index < -0.39 is 11.8 Å².